The molecule has 36 heavy (non-hydrogen) atoms. The molecule has 0 aromatic heterocycles. The van der Waals surface area contributed by atoms with E-state index in [0.29, 0.717) is 38.3 Å². The summed E-state index contributed by atoms with van der Waals surface area (Å²) in [7, 11) is 3.19. The molecule has 184 valence electrons. The lowest BCUT2D eigenvalue weighted by Crippen LogP contribution is -2.23. The highest BCUT2D eigenvalue weighted by molar-refractivity contribution is 9.10. The molecule has 1 heterocycles. The Bertz CT molecular complexity index is 1390. The number of carbonyl (C=O) groups excluding carboxylic acids is 1. The fourth-order valence-electron chi connectivity index (χ4n) is 3.32. The fraction of sp³-hybridized carbons (Fsp3) is 0.115. The summed E-state index contributed by atoms with van der Waals surface area (Å²) in [6, 6.07) is 17.8. The molecule has 1 N–H and O–H groups in total. The van der Waals surface area contributed by atoms with Crippen molar-refractivity contribution in [2.75, 3.05) is 14.2 Å². The van der Waals surface area contributed by atoms with Crippen molar-refractivity contribution >= 4 is 72.4 Å². The van der Waals surface area contributed by atoms with Crippen molar-refractivity contribution in [3.63, 3.8) is 0 Å². The highest BCUT2D eigenvalue weighted by Gasteiger charge is 2.30. The number of hydrogen-bond donors (Lipinski definition) is 1. The molecule has 0 atom stereocenters. The summed E-state index contributed by atoms with van der Waals surface area (Å²) in [5.41, 5.74) is 2.34. The van der Waals surface area contributed by atoms with Gasteiger partial charge in [-0.1, -0.05) is 34.1 Å². The van der Waals surface area contributed by atoms with E-state index in [9.17, 15) is 14.7 Å². The van der Waals surface area contributed by atoms with Gasteiger partial charge in [-0.3, -0.25) is 9.69 Å². The van der Waals surface area contributed by atoms with Gasteiger partial charge in [-0.2, -0.15) is 0 Å². The van der Waals surface area contributed by atoms with E-state index in [2.05, 4.69) is 36.9 Å². The lowest BCUT2D eigenvalue weighted by molar-refractivity contribution is -0.121. The van der Waals surface area contributed by atoms with Crippen LogP contribution in [0.5, 0.6) is 11.5 Å². The van der Waals surface area contributed by atoms with Crippen molar-refractivity contribution in [2.45, 2.75) is 6.61 Å². The maximum atomic E-state index is 12.9. The van der Waals surface area contributed by atoms with E-state index in [1.807, 2.05) is 30.3 Å². The number of nitrogens with zero attached hydrogens (tertiary/aromatic N) is 2. The maximum absolute atomic E-state index is 12.9. The zero-order valence-corrected chi connectivity index (χ0v) is 23.2. The first-order chi connectivity index (χ1) is 17.2. The van der Waals surface area contributed by atoms with E-state index in [1.54, 1.807) is 38.4 Å². The Labute approximate surface area is 229 Å². The van der Waals surface area contributed by atoms with Crippen molar-refractivity contribution in [2.24, 2.45) is 4.99 Å². The van der Waals surface area contributed by atoms with E-state index in [4.69, 9.17) is 9.47 Å². The largest absolute Gasteiger partial charge is 0.493 e. The van der Waals surface area contributed by atoms with Gasteiger partial charge in [0, 0.05) is 11.5 Å². The third kappa shape index (κ3) is 6.00. The number of aliphatic imine (C=N–C) groups is 1. The van der Waals surface area contributed by atoms with Crippen molar-refractivity contribution in [1.29, 1.82) is 0 Å². The zero-order chi connectivity index (χ0) is 25.8. The first-order valence-electron chi connectivity index (χ1n) is 10.6. The molecular weight excluding hydrogens is 612 g/mol. The van der Waals surface area contributed by atoms with Gasteiger partial charge in [-0.25, -0.2) is 9.79 Å². The standard InChI is InChI=1S/C26H20Br2N2O5S/c1-30-24(31)22(36-26(30)29-19-5-3-4-17(13-19)25(32)33)12-16-10-20(28)23(21(11-16)34-2)35-14-15-6-8-18(27)9-7-15/h3-13H,14H2,1-2H3,(H,32,33). The summed E-state index contributed by atoms with van der Waals surface area (Å²) in [5, 5.41) is 9.66. The number of carbonyl (C=O) groups is 2. The Balaban J connectivity index is 1.57. The number of hydrogen-bond acceptors (Lipinski definition) is 6. The highest BCUT2D eigenvalue weighted by Crippen LogP contribution is 2.39. The van der Waals surface area contributed by atoms with Gasteiger partial charge in [0.05, 0.1) is 27.7 Å². The molecule has 3 aromatic rings. The highest BCUT2D eigenvalue weighted by atomic mass is 79.9. The predicted octanol–water partition coefficient (Wildman–Crippen LogP) is 6.73. The number of amides is 1. The van der Waals surface area contributed by atoms with E-state index in [0.717, 1.165) is 15.6 Å². The molecule has 0 spiro atoms. The van der Waals surface area contributed by atoms with Crippen molar-refractivity contribution < 1.29 is 24.2 Å². The predicted molar refractivity (Wildman–Crippen MR) is 148 cm³/mol. The van der Waals surface area contributed by atoms with Gasteiger partial charge >= 0.3 is 5.97 Å². The molecule has 1 fully saturated rings. The average molecular weight is 632 g/mol. The third-order valence-corrected chi connectivity index (χ3v) is 7.35. The molecule has 7 nitrogen and oxygen atoms in total. The van der Waals surface area contributed by atoms with Crippen LogP contribution in [0.3, 0.4) is 0 Å². The van der Waals surface area contributed by atoms with E-state index in [1.165, 1.54) is 28.8 Å². The summed E-state index contributed by atoms with van der Waals surface area (Å²) in [6.07, 6.45) is 1.76. The zero-order valence-electron chi connectivity index (χ0n) is 19.2. The molecule has 4 rings (SSSR count). The van der Waals surface area contributed by atoms with Crippen LogP contribution in [0.4, 0.5) is 5.69 Å². The number of amidine groups is 1. The first-order valence-corrected chi connectivity index (χ1v) is 13.0. The SMILES string of the molecule is COc1cc(C=C2SC(=Nc3cccc(C(=O)O)c3)N(C)C2=O)cc(Br)c1OCc1ccc(Br)cc1. The van der Waals surface area contributed by atoms with Gasteiger partial charge in [0.15, 0.2) is 16.7 Å². The fourth-order valence-corrected chi connectivity index (χ4v) is 5.15. The summed E-state index contributed by atoms with van der Waals surface area (Å²) in [4.78, 5) is 30.5. The van der Waals surface area contributed by atoms with E-state index >= 15 is 0 Å². The Morgan fingerprint density at radius 2 is 1.89 bits per heavy atom. The summed E-state index contributed by atoms with van der Waals surface area (Å²) >= 11 is 8.20. The number of methoxy groups -OCH3 is 1. The third-order valence-electron chi connectivity index (χ3n) is 5.17. The van der Waals surface area contributed by atoms with Crippen LogP contribution >= 0.6 is 43.6 Å². The van der Waals surface area contributed by atoms with Gasteiger partial charge in [0.25, 0.3) is 5.91 Å². The molecular formula is C26H20Br2N2O5S. The molecule has 1 saturated heterocycles. The Hall–Kier alpha value is -3.08. The molecule has 1 aliphatic heterocycles. The van der Waals surface area contributed by atoms with Crippen molar-refractivity contribution in [3.8, 4) is 11.5 Å². The Morgan fingerprint density at radius 1 is 1.14 bits per heavy atom. The summed E-state index contributed by atoms with van der Waals surface area (Å²) in [6.45, 7) is 0.366. The molecule has 0 aliphatic carbocycles. The number of thioether (sulfide) groups is 1. The van der Waals surface area contributed by atoms with Crippen LogP contribution in [0, 0.1) is 0 Å². The molecule has 3 aromatic carbocycles. The molecule has 0 bridgehead atoms. The lowest BCUT2D eigenvalue weighted by Gasteiger charge is -2.14. The second-order valence-electron chi connectivity index (χ2n) is 7.67. The van der Waals surface area contributed by atoms with Gasteiger partial charge in [0.2, 0.25) is 0 Å². The van der Waals surface area contributed by atoms with Crippen LogP contribution < -0.4 is 9.47 Å². The van der Waals surface area contributed by atoms with Crippen LogP contribution in [0.25, 0.3) is 6.08 Å². The number of carboxylic acids is 1. The quantitative estimate of drug-likeness (QED) is 0.291. The average Bonchev–Trinajstić information content (AvgIpc) is 3.11. The molecule has 0 radical (unpaired) electrons. The van der Waals surface area contributed by atoms with Gasteiger partial charge < -0.3 is 14.6 Å². The first kappa shape index (κ1) is 26.0. The number of rotatable bonds is 7. The molecule has 1 aliphatic rings. The van der Waals surface area contributed by atoms with Crippen LogP contribution in [0.1, 0.15) is 21.5 Å². The molecule has 0 unspecified atom stereocenters. The van der Waals surface area contributed by atoms with Crippen LogP contribution in [-0.2, 0) is 11.4 Å². The van der Waals surface area contributed by atoms with Gasteiger partial charge in [-0.15, -0.1) is 0 Å². The number of benzene rings is 3. The minimum Gasteiger partial charge on any atom is -0.493 e. The number of carboxylic acid groups (broad SMARTS) is 1. The number of ether oxygens (including phenoxy) is 2. The number of halogens is 2. The summed E-state index contributed by atoms with van der Waals surface area (Å²) < 4.78 is 13.2. The Kier molecular flexibility index (Phi) is 8.17. The minimum absolute atomic E-state index is 0.129. The second kappa shape index (κ2) is 11.3. The van der Waals surface area contributed by atoms with Crippen LogP contribution in [-0.4, -0.2) is 41.2 Å². The van der Waals surface area contributed by atoms with Crippen molar-refractivity contribution in [3.05, 3.63) is 91.2 Å². The van der Waals surface area contributed by atoms with E-state index in [-0.39, 0.29) is 11.5 Å². The minimum atomic E-state index is -1.04. The van der Waals surface area contributed by atoms with Crippen LogP contribution in [0.2, 0.25) is 0 Å². The topological polar surface area (TPSA) is 88.4 Å². The number of aromatic carboxylic acids is 1. The molecule has 0 saturated carbocycles. The lowest BCUT2D eigenvalue weighted by atomic mass is 10.1. The number of likely N-dealkylation sites (N-methyl/N-ethyl adjacent to an activating group) is 1. The second-order valence-corrected chi connectivity index (χ2v) is 10.5. The van der Waals surface area contributed by atoms with Gasteiger partial charge in [-0.05, 0) is 87.4 Å². The van der Waals surface area contributed by atoms with E-state index < -0.39 is 5.97 Å². The monoisotopic (exact) mass is 630 g/mol. The smallest absolute Gasteiger partial charge is 0.335 e. The maximum Gasteiger partial charge on any atom is 0.335 e. The molecule has 1 amide bonds. The Morgan fingerprint density at radius 3 is 2.58 bits per heavy atom. The van der Waals surface area contributed by atoms with Crippen molar-refractivity contribution in [1.82, 2.24) is 4.90 Å². The molecule has 10 heteroatoms. The van der Waals surface area contributed by atoms with Gasteiger partial charge in [0.1, 0.15) is 6.61 Å². The van der Waals surface area contributed by atoms with Crippen LogP contribution in [0.15, 0.2) is 79.5 Å². The summed E-state index contributed by atoms with van der Waals surface area (Å²) in [5.74, 6) is -0.161. The normalized spacial score (nSPS) is 15.6.